The third-order valence-electron chi connectivity index (χ3n) is 2.32. The molecular weight excluding hydrogens is 164 g/mol. The highest BCUT2D eigenvalue weighted by molar-refractivity contribution is 6.01. The minimum Gasteiger partial charge on any atom is -0.299 e. The third-order valence-corrected chi connectivity index (χ3v) is 2.32. The summed E-state index contributed by atoms with van der Waals surface area (Å²) in [6.07, 6.45) is 4.46. The van der Waals surface area contributed by atoms with Gasteiger partial charge in [-0.15, -0.1) is 0 Å². The first-order valence-corrected chi connectivity index (χ1v) is 5.16. The molecule has 0 aromatic heterocycles. The molecule has 1 atom stereocenters. The summed E-state index contributed by atoms with van der Waals surface area (Å²) in [6.45, 7) is 5.45. The number of carbonyl (C=O) groups is 2. The van der Waals surface area contributed by atoms with Gasteiger partial charge in [0, 0.05) is 6.42 Å². The van der Waals surface area contributed by atoms with Crippen molar-refractivity contribution in [2.75, 3.05) is 0 Å². The number of hydrogen-bond donors (Lipinski definition) is 0. The second-order valence-corrected chi connectivity index (χ2v) is 3.48. The minimum absolute atomic E-state index is 0.0305. The van der Waals surface area contributed by atoms with Crippen LogP contribution in [0.1, 0.15) is 52.9 Å². The second-order valence-electron chi connectivity index (χ2n) is 3.48. The molecule has 0 amide bonds. The molecule has 0 aliphatic heterocycles. The molecular formula is C11H20O2. The van der Waals surface area contributed by atoms with E-state index in [1.165, 1.54) is 6.92 Å². The standard InChI is InChI=1S/C11H20O2/c1-4-6-7-8-10(9(3)12)11(13)5-2/h10H,4-8H2,1-3H3. The molecule has 0 saturated carbocycles. The zero-order valence-corrected chi connectivity index (χ0v) is 8.93. The molecule has 0 aliphatic carbocycles. The fraction of sp³-hybridized carbons (Fsp3) is 0.818. The summed E-state index contributed by atoms with van der Waals surface area (Å²) in [4.78, 5) is 22.4. The zero-order valence-electron chi connectivity index (χ0n) is 8.93. The monoisotopic (exact) mass is 184 g/mol. The molecule has 0 spiro atoms. The zero-order chi connectivity index (χ0) is 10.3. The number of carbonyl (C=O) groups excluding carboxylic acids is 2. The second kappa shape index (κ2) is 6.81. The van der Waals surface area contributed by atoms with Crippen LogP contribution >= 0.6 is 0 Å². The first-order valence-electron chi connectivity index (χ1n) is 5.16. The Morgan fingerprint density at radius 3 is 2.15 bits per heavy atom. The average molecular weight is 184 g/mol. The maximum Gasteiger partial charge on any atom is 0.143 e. The minimum atomic E-state index is -0.323. The van der Waals surface area contributed by atoms with Gasteiger partial charge in [-0.2, -0.15) is 0 Å². The topological polar surface area (TPSA) is 34.1 Å². The maximum absolute atomic E-state index is 11.3. The lowest BCUT2D eigenvalue weighted by Crippen LogP contribution is -2.21. The number of hydrogen-bond acceptors (Lipinski definition) is 2. The Labute approximate surface area is 80.7 Å². The molecule has 0 aliphatic rings. The van der Waals surface area contributed by atoms with Crippen molar-refractivity contribution in [2.24, 2.45) is 5.92 Å². The molecule has 76 valence electrons. The molecule has 13 heavy (non-hydrogen) atoms. The summed E-state index contributed by atoms with van der Waals surface area (Å²) in [5.74, 6) is -0.192. The molecule has 0 radical (unpaired) electrons. The lowest BCUT2D eigenvalue weighted by molar-refractivity contribution is -0.131. The lowest BCUT2D eigenvalue weighted by atomic mass is 9.92. The largest absolute Gasteiger partial charge is 0.299 e. The molecule has 0 aromatic rings. The first-order chi connectivity index (χ1) is 6.13. The Bertz CT molecular complexity index is 173. The van der Waals surface area contributed by atoms with Crippen LogP contribution in [-0.4, -0.2) is 11.6 Å². The van der Waals surface area contributed by atoms with E-state index in [-0.39, 0.29) is 17.5 Å². The van der Waals surface area contributed by atoms with Crippen molar-refractivity contribution in [3.63, 3.8) is 0 Å². The van der Waals surface area contributed by atoms with Crippen LogP contribution in [0.4, 0.5) is 0 Å². The fourth-order valence-corrected chi connectivity index (χ4v) is 1.44. The molecule has 0 rings (SSSR count). The van der Waals surface area contributed by atoms with Crippen LogP contribution < -0.4 is 0 Å². The van der Waals surface area contributed by atoms with Crippen LogP contribution in [0.2, 0.25) is 0 Å². The number of Topliss-reactive ketones (excluding diaryl/α,β-unsaturated/α-hetero) is 2. The Morgan fingerprint density at radius 2 is 1.77 bits per heavy atom. The number of rotatable bonds is 7. The Kier molecular flexibility index (Phi) is 6.47. The highest BCUT2D eigenvalue weighted by Gasteiger charge is 2.20. The molecule has 0 saturated heterocycles. The van der Waals surface area contributed by atoms with Gasteiger partial charge in [0.05, 0.1) is 5.92 Å². The molecule has 0 heterocycles. The summed E-state index contributed by atoms with van der Waals surface area (Å²) in [5.41, 5.74) is 0. The van der Waals surface area contributed by atoms with Gasteiger partial charge in [-0.1, -0.05) is 33.1 Å². The predicted octanol–water partition coefficient (Wildman–Crippen LogP) is 2.75. The van der Waals surface area contributed by atoms with Crippen LogP contribution in [0, 0.1) is 5.92 Å². The number of ketones is 2. The Hall–Kier alpha value is -0.660. The van der Waals surface area contributed by atoms with E-state index in [0.29, 0.717) is 6.42 Å². The van der Waals surface area contributed by atoms with Crippen LogP contribution in [0.5, 0.6) is 0 Å². The van der Waals surface area contributed by atoms with Gasteiger partial charge in [-0.05, 0) is 13.3 Å². The van der Waals surface area contributed by atoms with Crippen LogP contribution in [-0.2, 0) is 9.59 Å². The van der Waals surface area contributed by atoms with E-state index in [1.807, 2.05) is 6.92 Å². The van der Waals surface area contributed by atoms with Crippen molar-refractivity contribution >= 4 is 11.6 Å². The summed E-state index contributed by atoms with van der Waals surface area (Å²) in [7, 11) is 0. The van der Waals surface area contributed by atoms with Crippen molar-refractivity contribution in [2.45, 2.75) is 52.9 Å². The summed E-state index contributed by atoms with van der Waals surface area (Å²) < 4.78 is 0. The quantitative estimate of drug-likeness (QED) is 0.450. The van der Waals surface area contributed by atoms with Gasteiger partial charge in [0.2, 0.25) is 0 Å². The van der Waals surface area contributed by atoms with Gasteiger partial charge in [-0.3, -0.25) is 9.59 Å². The van der Waals surface area contributed by atoms with E-state index in [0.717, 1.165) is 25.7 Å². The van der Waals surface area contributed by atoms with Gasteiger partial charge in [0.25, 0.3) is 0 Å². The van der Waals surface area contributed by atoms with Crippen molar-refractivity contribution < 1.29 is 9.59 Å². The average Bonchev–Trinajstić information content (AvgIpc) is 2.11. The van der Waals surface area contributed by atoms with E-state index in [2.05, 4.69) is 6.92 Å². The Balaban J connectivity index is 3.95. The van der Waals surface area contributed by atoms with E-state index in [4.69, 9.17) is 0 Å². The van der Waals surface area contributed by atoms with Crippen LogP contribution in [0.3, 0.4) is 0 Å². The molecule has 1 unspecified atom stereocenters. The molecule has 0 fully saturated rings. The molecule has 2 nitrogen and oxygen atoms in total. The van der Waals surface area contributed by atoms with E-state index in [1.54, 1.807) is 0 Å². The summed E-state index contributed by atoms with van der Waals surface area (Å²) >= 11 is 0. The Morgan fingerprint density at radius 1 is 1.15 bits per heavy atom. The number of unbranched alkanes of at least 4 members (excludes halogenated alkanes) is 2. The normalized spacial score (nSPS) is 12.5. The van der Waals surface area contributed by atoms with Crippen molar-refractivity contribution in [3.8, 4) is 0 Å². The van der Waals surface area contributed by atoms with Crippen LogP contribution in [0.25, 0.3) is 0 Å². The van der Waals surface area contributed by atoms with Gasteiger partial charge < -0.3 is 0 Å². The molecule has 0 bridgehead atoms. The van der Waals surface area contributed by atoms with Crippen molar-refractivity contribution in [1.29, 1.82) is 0 Å². The smallest absolute Gasteiger partial charge is 0.143 e. The summed E-state index contributed by atoms with van der Waals surface area (Å²) in [6, 6.07) is 0. The van der Waals surface area contributed by atoms with E-state index in [9.17, 15) is 9.59 Å². The highest BCUT2D eigenvalue weighted by Crippen LogP contribution is 2.13. The predicted molar refractivity (Wildman–Crippen MR) is 53.6 cm³/mol. The van der Waals surface area contributed by atoms with E-state index < -0.39 is 0 Å². The maximum atomic E-state index is 11.3. The van der Waals surface area contributed by atoms with Gasteiger partial charge in [0.1, 0.15) is 11.6 Å². The molecule has 2 heteroatoms. The van der Waals surface area contributed by atoms with Gasteiger partial charge in [0.15, 0.2) is 0 Å². The van der Waals surface area contributed by atoms with Gasteiger partial charge in [-0.25, -0.2) is 0 Å². The summed E-state index contributed by atoms with van der Waals surface area (Å²) in [5, 5.41) is 0. The van der Waals surface area contributed by atoms with Crippen molar-refractivity contribution in [1.82, 2.24) is 0 Å². The molecule has 0 aromatic carbocycles. The molecule has 0 N–H and O–H groups in total. The first kappa shape index (κ1) is 12.3. The third kappa shape index (κ3) is 4.81. The fourth-order valence-electron chi connectivity index (χ4n) is 1.44. The highest BCUT2D eigenvalue weighted by atomic mass is 16.1. The van der Waals surface area contributed by atoms with Crippen LogP contribution in [0.15, 0.2) is 0 Å². The lowest BCUT2D eigenvalue weighted by Gasteiger charge is -2.10. The SMILES string of the molecule is CCCCCC(C(C)=O)C(=O)CC. The van der Waals surface area contributed by atoms with E-state index >= 15 is 0 Å². The van der Waals surface area contributed by atoms with Crippen molar-refractivity contribution in [3.05, 3.63) is 0 Å². The van der Waals surface area contributed by atoms with Gasteiger partial charge >= 0.3 is 0 Å².